The van der Waals surface area contributed by atoms with Crippen molar-refractivity contribution in [3.8, 4) is 5.75 Å². The minimum absolute atomic E-state index is 0.0805. The maximum atomic E-state index is 13.5. The first-order valence-corrected chi connectivity index (χ1v) is 6.64. The van der Waals surface area contributed by atoms with Gasteiger partial charge in [-0.1, -0.05) is 6.07 Å². The molecule has 1 fully saturated rings. The topological polar surface area (TPSA) is 26.3 Å². The number of benzene rings is 1. The van der Waals surface area contributed by atoms with Gasteiger partial charge in [0.2, 0.25) is 5.92 Å². The van der Waals surface area contributed by atoms with Gasteiger partial charge in [-0.25, -0.2) is 13.2 Å². The highest BCUT2D eigenvalue weighted by Gasteiger charge is 2.37. The molecule has 1 aliphatic carbocycles. The van der Waals surface area contributed by atoms with E-state index in [0.717, 1.165) is 0 Å². The van der Waals surface area contributed by atoms with Crippen LogP contribution in [-0.2, 0) is 11.2 Å². The zero-order valence-corrected chi connectivity index (χ0v) is 11.3. The molecule has 1 aromatic rings. The van der Waals surface area contributed by atoms with Gasteiger partial charge in [-0.2, -0.15) is 0 Å². The SMILES string of the molecule is COc1ccc(CC(=O)C2CCC(F)(F)CC2)cc1F. The average Bonchev–Trinajstić information content (AvgIpc) is 2.38. The second-order valence-corrected chi connectivity index (χ2v) is 5.24. The molecule has 5 heteroatoms. The van der Waals surface area contributed by atoms with Crippen LogP contribution in [0, 0.1) is 11.7 Å². The van der Waals surface area contributed by atoms with E-state index in [1.54, 1.807) is 6.07 Å². The van der Waals surface area contributed by atoms with Crippen molar-refractivity contribution in [2.45, 2.75) is 38.0 Å². The Balaban J connectivity index is 1.96. The third-order valence-electron chi connectivity index (χ3n) is 3.77. The fraction of sp³-hybridized carbons (Fsp3) is 0.533. The monoisotopic (exact) mass is 286 g/mol. The van der Waals surface area contributed by atoms with Crippen molar-refractivity contribution in [1.29, 1.82) is 0 Å². The van der Waals surface area contributed by atoms with Gasteiger partial charge >= 0.3 is 0 Å². The lowest BCUT2D eigenvalue weighted by Gasteiger charge is -2.27. The molecule has 0 atom stereocenters. The van der Waals surface area contributed by atoms with Crippen molar-refractivity contribution in [2.24, 2.45) is 5.92 Å². The van der Waals surface area contributed by atoms with Crippen LogP contribution in [0.15, 0.2) is 18.2 Å². The standard InChI is InChI=1S/C15H17F3O2/c1-20-14-3-2-10(8-12(14)16)9-13(19)11-4-6-15(17,18)7-5-11/h2-3,8,11H,4-7,9H2,1H3. The molecule has 0 bridgehead atoms. The van der Waals surface area contributed by atoms with Crippen LogP contribution < -0.4 is 4.74 Å². The molecule has 0 unspecified atom stereocenters. The summed E-state index contributed by atoms with van der Waals surface area (Å²) in [5.41, 5.74) is 0.547. The Morgan fingerprint density at radius 1 is 1.35 bits per heavy atom. The van der Waals surface area contributed by atoms with Gasteiger partial charge in [0, 0.05) is 25.2 Å². The van der Waals surface area contributed by atoms with Gasteiger partial charge in [0.1, 0.15) is 5.78 Å². The largest absolute Gasteiger partial charge is 0.494 e. The number of Topliss-reactive ketones (excluding diaryl/α,β-unsaturated/α-hetero) is 1. The number of carbonyl (C=O) groups is 1. The number of carbonyl (C=O) groups excluding carboxylic acids is 1. The van der Waals surface area contributed by atoms with Gasteiger partial charge in [0.15, 0.2) is 11.6 Å². The van der Waals surface area contributed by atoms with Crippen LogP contribution >= 0.6 is 0 Å². The van der Waals surface area contributed by atoms with E-state index in [2.05, 4.69) is 0 Å². The van der Waals surface area contributed by atoms with Crippen LogP contribution in [0.25, 0.3) is 0 Å². The minimum Gasteiger partial charge on any atom is -0.494 e. The summed E-state index contributed by atoms with van der Waals surface area (Å²) < 4.78 is 44.4. The molecule has 0 radical (unpaired) electrons. The first-order valence-electron chi connectivity index (χ1n) is 6.64. The maximum absolute atomic E-state index is 13.5. The summed E-state index contributed by atoms with van der Waals surface area (Å²) in [6.07, 6.45) is 0.0346. The van der Waals surface area contributed by atoms with E-state index in [9.17, 15) is 18.0 Å². The van der Waals surface area contributed by atoms with E-state index >= 15 is 0 Å². The van der Waals surface area contributed by atoms with E-state index < -0.39 is 11.7 Å². The Hall–Kier alpha value is -1.52. The molecule has 0 spiro atoms. The number of halogens is 3. The van der Waals surface area contributed by atoms with Crippen molar-refractivity contribution in [3.63, 3.8) is 0 Å². The van der Waals surface area contributed by atoms with Gasteiger partial charge in [-0.05, 0) is 30.5 Å². The fourth-order valence-electron chi connectivity index (χ4n) is 2.53. The average molecular weight is 286 g/mol. The van der Waals surface area contributed by atoms with Crippen LogP contribution in [0.4, 0.5) is 13.2 Å². The normalized spacial score (nSPS) is 18.8. The third-order valence-corrected chi connectivity index (χ3v) is 3.77. The Morgan fingerprint density at radius 2 is 2.00 bits per heavy atom. The lowest BCUT2D eigenvalue weighted by Crippen LogP contribution is -2.29. The maximum Gasteiger partial charge on any atom is 0.248 e. The predicted octanol–water partition coefficient (Wildman–Crippen LogP) is 3.77. The van der Waals surface area contributed by atoms with E-state index in [1.807, 2.05) is 0 Å². The zero-order chi connectivity index (χ0) is 14.8. The summed E-state index contributed by atoms with van der Waals surface area (Å²) in [4.78, 5) is 12.0. The molecular formula is C15H17F3O2. The summed E-state index contributed by atoms with van der Waals surface area (Å²) in [5, 5.41) is 0. The molecule has 0 N–H and O–H groups in total. The highest BCUT2D eigenvalue weighted by molar-refractivity contribution is 5.83. The molecule has 2 rings (SSSR count). The lowest BCUT2D eigenvalue weighted by atomic mass is 9.82. The molecule has 0 aliphatic heterocycles. The summed E-state index contributed by atoms with van der Waals surface area (Å²) in [6.45, 7) is 0. The molecule has 0 heterocycles. The van der Waals surface area contributed by atoms with Crippen LogP contribution in [0.2, 0.25) is 0 Å². The van der Waals surface area contributed by atoms with Gasteiger partial charge in [0.05, 0.1) is 7.11 Å². The van der Waals surface area contributed by atoms with Crippen LogP contribution in [0.5, 0.6) is 5.75 Å². The van der Waals surface area contributed by atoms with Gasteiger partial charge in [-0.15, -0.1) is 0 Å². The first-order chi connectivity index (χ1) is 9.41. The zero-order valence-electron chi connectivity index (χ0n) is 11.3. The van der Waals surface area contributed by atoms with Crippen LogP contribution in [-0.4, -0.2) is 18.8 Å². The van der Waals surface area contributed by atoms with Crippen LogP contribution in [0.1, 0.15) is 31.2 Å². The highest BCUT2D eigenvalue weighted by atomic mass is 19.3. The number of rotatable bonds is 4. The first kappa shape index (κ1) is 14.9. The number of alkyl halides is 2. The van der Waals surface area contributed by atoms with E-state index in [0.29, 0.717) is 5.56 Å². The van der Waals surface area contributed by atoms with E-state index in [1.165, 1.54) is 19.2 Å². The number of ether oxygens (including phenoxy) is 1. The molecular weight excluding hydrogens is 269 g/mol. The summed E-state index contributed by atoms with van der Waals surface area (Å²) in [6, 6.07) is 4.35. The van der Waals surface area contributed by atoms with Crippen molar-refractivity contribution >= 4 is 5.78 Å². The second-order valence-electron chi connectivity index (χ2n) is 5.24. The van der Waals surface area contributed by atoms with Crippen molar-refractivity contribution < 1.29 is 22.7 Å². The molecule has 0 aromatic heterocycles. The second kappa shape index (κ2) is 5.85. The predicted molar refractivity (Wildman–Crippen MR) is 68.6 cm³/mol. The van der Waals surface area contributed by atoms with Crippen molar-refractivity contribution in [3.05, 3.63) is 29.6 Å². The van der Waals surface area contributed by atoms with Gasteiger partial charge in [0.25, 0.3) is 0 Å². The molecule has 2 nitrogen and oxygen atoms in total. The lowest BCUT2D eigenvalue weighted by molar-refractivity contribution is -0.126. The third kappa shape index (κ3) is 3.52. The molecule has 110 valence electrons. The number of methoxy groups -OCH3 is 1. The Morgan fingerprint density at radius 3 is 2.55 bits per heavy atom. The molecule has 0 saturated heterocycles. The summed E-state index contributed by atoms with van der Waals surface area (Å²) in [5.74, 6) is -3.46. The van der Waals surface area contributed by atoms with Crippen LogP contribution in [0.3, 0.4) is 0 Å². The number of hydrogen-bond acceptors (Lipinski definition) is 2. The highest BCUT2D eigenvalue weighted by Crippen LogP contribution is 2.36. The van der Waals surface area contributed by atoms with Crippen molar-refractivity contribution in [2.75, 3.05) is 7.11 Å². The molecule has 20 heavy (non-hydrogen) atoms. The summed E-state index contributed by atoms with van der Waals surface area (Å²) >= 11 is 0. The van der Waals surface area contributed by atoms with E-state index in [-0.39, 0.29) is 49.6 Å². The fourth-order valence-corrected chi connectivity index (χ4v) is 2.53. The molecule has 1 aliphatic rings. The van der Waals surface area contributed by atoms with Gasteiger partial charge < -0.3 is 4.74 Å². The Labute approximate surface area is 115 Å². The molecule has 1 aromatic carbocycles. The van der Waals surface area contributed by atoms with E-state index in [4.69, 9.17) is 4.74 Å². The Bertz CT molecular complexity index is 490. The molecule has 0 amide bonds. The molecule has 1 saturated carbocycles. The van der Waals surface area contributed by atoms with Gasteiger partial charge in [-0.3, -0.25) is 4.79 Å². The number of hydrogen-bond donors (Lipinski definition) is 0. The Kier molecular flexibility index (Phi) is 4.35. The van der Waals surface area contributed by atoms with Crippen molar-refractivity contribution in [1.82, 2.24) is 0 Å². The number of ketones is 1. The summed E-state index contributed by atoms with van der Waals surface area (Å²) in [7, 11) is 1.37. The smallest absolute Gasteiger partial charge is 0.248 e. The quantitative estimate of drug-likeness (QED) is 0.842. The minimum atomic E-state index is -2.64.